The van der Waals surface area contributed by atoms with Crippen LogP contribution in [0.4, 0.5) is 8.78 Å². The first-order chi connectivity index (χ1) is 8.11. The third-order valence-corrected chi connectivity index (χ3v) is 2.40. The van der Waals surface area contributed by atoms with Gasteiger partial charge in [0.1, 0.15) is 0 Å². The zero-order valence-electron chi connectivity index (χ0n) is 10.3. The van der Waals surface area contributed by atoms with Crippen molar-refractivity contribution in [3.05, 3.63) is 47.5 Å². The van der Waals surface area contributed by atoms with E-state index in [-0.39, 0.29) is 0 Å². The lowest BCUT2D eigenvalue weighted by molar-refractivity contribution is 0.501. The summed E-state index contributed by atoms with van der Waals surface area (Å²) in [6.07, 6.45) is 5.19. The second-order valence-electron chi connectivity index (χ2n) is 4.29. The van der Waals surface area contributed by atoms with Gasteiger partial charge in [-0.15, -0.1) is 0 Å². The molecule has 0 amide bonds. The largest absolute Gasteiger partial charge is 0.314 e. The van der Waals surface area contributed by atoms with Gasteiger partial charge >= 0.3 is 0 Å². The number of hydrogen-bond acceptors (Lipinski definition) is 1. The molecule has 1 nitrogen and oxygen atoms in total. The number of rotatable bonds is 6. The number of allylic oxidation sites excluding steroid dienone is 1. The van der Waals surface area contributed by atoms with Crippen LogP contribution in [0.25, 0.3) is 0 Å². The lowest BCUT2D eigenvalue weighted by atomic mass is 10.1. The molecule has 0 aromatic heterocycles. The molecule has 3 heteroatoms. The third-order valence-electron chi connectivity index (χ3n) is 2.40. The molecule has 0 heterocycles. The molecule has 94 valence electrons. The minimum atomic E-state index is -0.780. The quantitative estimate of drug-likeness (QED) is 0.592. The lowest BCUT2D eigenvalue weighted by Gasteiger charge is -2.05. The van der Waals surface area contributed by atoms with Crippen LogP contribution in [0.5, 0.6) is 0 Å². The van der Waals surface area contributed by atoms with Crippen molar-refractivity contribution in [3.63, 3.8) is 0 Å². The molecule has 17 heavy (non-hydrogen) atoms. The highest BCUT2D eigenvalue weighted by Crippen LogP contribution is 2.12. The van der Waals surface area contributed by atoms with Gasteiger partial charge in [0.05, 0.1) is 0 Å². The lowest BCUT2D eigenvalue weighted by Crippen LogP contribution is -2.23. The molecular weight excluding hydrogens is 220 g/mol. The minimum absolute atomic E-state index is 0.401. The maximum Gasteiger partial charge on any atom is 0.162 e. The summed E-state index contributed by atoms with van der Waals surface area (Å²) in [6, 6.07) is 4.75. The Morgan fingerprint density at radius 2 is 2.00 bits per heavy atom. The molecule has 0 fully saturated rings. The first kappa shape index (κ1) is 13.8. The minimum Gasteiger partial charge on any atom is -0.314 e. The van der Waals surface area contributed by atoms with E-state index in [1.165, 1.54) is 6.07 Å². The number of nitrogens with one attached hydrogen (secondary N) is 1. The molecule has 0 saturated heterocycles. The van der Waals surface area contributed by atoms with Crippen molar-refractivity contribution in [3.8, 4) is 0 Å². The van der Waals surface area contributed by atoms with Crippen molar-refractivity contribution in [1.29, 1.82) is 0 Å². The van der Waals surface area contributed by atoms with Crippen LogP contribution in [0.15, 0.2) is 30.4 Å². The van der Waals surface area contributed by atoms with Crippen LogP contribution in [0.3, 0.4) is 0 Å². The van der Waals surface area contributed by atoms with Gasteiger partial charge in [-0.3, -0.25) is 0 Å². The van der Waals surface area contributed by atoms with Gasteiger partial charge in [0, 0.05) is 6.04 Å². The van der Waals surface area contributed by atoms with Crippen LogP contribution >= 0.6 is 0 Å². The number of benzene rings is 1. The molecule has 0 unspecified atom stereocenters. The highest BCUT2D eigenvalue weighted by molar-refractivity contribution is 5.21. The number of hydrogen-bond donors (Lipinski definition) is 1. The highest BCUT2D eigenvalue weighted by Gasteiger charge is 2.04. The fraction of sp³-hybridized carbons (Fsp3) is 0.429. The van der Waals surface area contributed by atoms with E-state index in [0.717, 1.165) is 19.0 Å². The van der Waals surface area contributed by atoms with Crippen LogP contribution in [-0.4, -0.2) is 12.6 Å². The van der Waals surface area contributed by atoms with Crippen LogP contribution in [0, 0.1) is 11.6 Å². The molecule has 0 spiro atoms. The normalized spacial score (nSPS) is 11.6. The Hall–Kier alpha value is -1.22. The summed E-state index contributed by atoms with van der Waals surface area (Å²) >= 11 is 0. The Bertz CT molecular complexity index is 372. The molecule has 0 aliphatic carbocycles. The van der Waals surface area contributed by atoms with Gasteiger partial charge in [0.25, 0.3) is 0 Å². The van der Waals surface area contributed by atoms with Gasteiger partial charge in [0.15, 0.2) is 11.6 Å². The van der Waals surface area contributed by atoms with E-state index in [2.05, 4.69) is 19.2 Å². The molecular formula is C14H19F2N. The van der Waals surface area contributed by atoms with Crippen molar-refractivity contribution in [1.82, 2.24) is 5.32 Å². The van der Waals surface area contributed by atoms with E-state index in [9.17, 15) is 8.78 Å². The van der Waals surface area contributed by atoms with E-state index in [1.807, 2.05) is 12.2 Å². The molecule has 0 saturated carbocycles. The molecule has 0 bridgehead atoms. The first-order valence-corrected chi connectivity index (χ1v) is 5.92. The van der Waals surface area contributed by atoms with Crippen molar-refractivity contribution in [2.75, 3.05) is 6.54 Å². The zero-order valence-corrected chi connectivity index (χ0v) is 10.3. The third kappa shape index (κ3) is 5.09. The fourth-order valence-electron chi connectivity index (χ4n) is 1.49. The highest BCUT2D eigenvalue weighted by atomic mass is 19.2. The van der Waals surface area contributed by atoms with Crippen LogP contribution in [-0.2, 0) is 6.42 Å². The molecule has 0 radical (unpaired) electrons. The monoisotopic (exact) mass is 239 g/mol. The van der Waals surface area contributed by atoms with Gasteiger partial charge in [0.2, 0.25) is 0 Å². The average molecular weight is 239 g/mol. The van der Waals surface area contributed by atoms with Crippen LogP contribution < -0.4 is 5.32 Å². The maximum absolute atomic E-state index is 13.3. The van der Waals surface area contributed by atoms with Crippen molar-refractivity contribution < 1.29 is 8.78 Å². The summed E-state index contributed by atoms with van der Waals surface area (Å²) < 4.78 is 26.2. The maximum atomic E-state index is 13.3. The van der Waals surface area contributed by atoms with Crippen molar-refractivity contribution in [2.24, 2.45) is 0 Å². The number of halogens is 2. The predicted octanol–water partition coefficient (Wildman–Crippen LogP) is 3.45. The van der Waals surface area contributed by atoms with Gasteiger partial charge in [-0.05, 0) is 31.0 Å². The molecule has 1 N–H and O–H groups in total. The second kappa shape index (κ2) is 7.17. The molecule has 0 atom stereocenters. The van der Waals surface area contributed by atoms with Crippen molar-refractivity contribution in [2.45, 2.75) is 32.7 Å². The molecule has 1 aromatic carbocycles. The van der Waals surface area contributed by atoms with Crippen LogP contribution in [0.1, 0.15) is 25.8 Å². The summed E-state index contributed by atoms with van der Waals surface area (Å²) in [5, 5.41) is 3.28. The van der Waals surface area contributed by atoms with E-state index < -0.39 is 11.6 Å². The average Bonchev–Trinajstić information content (AvgIpc) is 2.28. The fourth-order valence-corrected chi connectivity index (χ4v) is 1.49. The van der Waals surface area contributed by atoms with Gasteiger partial charge in [-0.1, -0.05) is 38.1 Å². The van der Waals surface area contributed by atoms with E-state index in [0.29, 0.717) is 18.0 Å². The topological polar surface area (TPSA) is 12.0 Å². The summed E-state index contributed by atoms with van der Waals surface area (Å²) in [5.74, 6) is -1.52. The smallest absolute Gasteiger partial charge is 0.162 e. The molecule has 1 rings (SSSR count). The summed E-state index contributed by atoms with van der Waals surface area (Å²) in [7, 11) is 0. The Morgan fingerprint density at radius 3 is 2.71 bits per heavy atom. The van der Waals surface area contributed by atoms with E-state index in [4.69, 9.17) is 0 Å². The summed E-state index contributed by atoms with van der Waals surface area (Å²) in [5.41, 5.74) is 0.401. The first-order valence-electron chi connectivity index (χ1n) is 5.92. The van der Waals surface area contributed by atoms with Gasteiger partial charge in [-0.25, -0.2) is 8.78 Å². The Morgan fingerprint density at radius 1 is 1.24 bits per heavy atom. The molecule has 1 aromatic rings. The summed E-state index contributed by atoms with van der Waals surface area (Å²) in [6.45, 7) is 5.08. The Labute approximate surface area is 102 Å². The van der Waals surface area contributed by atoms with E-state index >= 15 is 0 Å². The molecule has 0 aliphatic rings. The Kier molecular flexibility index (Phi) is 5.84. The standard InChI is InChI=1S/C14H19F2N/c1-11(2)17-10-5-3-4-7-12-8-6-9-13(15)14(12)16/h3-4,6,8-9,11,17H,5,7,10H2,1-2H3. The van der Waals surface area contributed by atoms with Gasteiger partial charge in [-0.2, -0.15) is 0 Å². The Balaban J connectivity index is 2.35. The zero-order chi connectivity index (χ0) is 12.7. The van der Waals surface area contributed by atoms with E-state index in [1.54, 1.807) is 6.07 Å². The second-order valence-corrected chi connectivity index (χ2v) is 4.29. The molecule has 0 aliphatic heterocycles. The predicted molar refractivity (Wildman–Crippen MR) is 67.0 cm³/mol. The summed E-state index contributed by atoms with van der Waals surface area (Å²) in [4.78, 5) is 0. The van der Waals surface area contributed by atoms with Crippen LogP contribution in [0.2, 0.25) is 0 Å². The van der Waals surface area contributed by atoms with Crippen molar-refractivity contribution >= 4 is 0 Å². The van der Waals surface area contributed by atoms with Gasteiger partial charge < -0.3 is 5.32 Å². The SMILES string of the molecule is CC(C)NCCC=CCc1cccc(F)c1F.